The van der Waals surface area contributed by atoms with Crippen molar-refractivity contribution in [3.05, 3.63) is 76.6 Å². The summed E-state index contributed by atoms with van der Waals surface area (Å²) in [6.45, 7) is 8.57. The molecule has 174 valence electrons. The van der Waals surface area contributed by atoms with Crippen molar-refractivity contribution in [1.82, 2.24) is 19.6 Å². The zero-order chi connectivity index (χ0) is 23.4. The van der Waals surface area contributed by atoms with E-state index in [1.165, 1.54) is 11.3 Å². The minimum Gasteiger partial charge on any atom is -0.493 e. The molecule has 0 aliphatic carbocycles. The van der Waals surface area contributed by atoms with Crippen LogP contribution in [0.15, 0.2) is 48.5 Å². The number of methoxy groups -OCH3 is 1. The second-order valence-electron chi connectivity index (χ2n) is 8.48. The molecule has 0 unspecified atom stereocenters. The molecule has 0 saturated carbocycles. The Morgan fingerprint density at radius 2 is 1.73 bits per heavy atom. The highest BCUT2D eigenvalue weighted by Crippen LogP contribution is 2.29. The number of piperazine rings is 1. The molecule has 33 heavy (non-hydrogen) atoms. The number of nitrogens with zero attached hydrogens (tertiary/aromatic N) is 4. The second kappa shape index (κ2) is 10.1. The number of carbonyl (C=O) groups excluding carboxylic acids is 1. The molecule has 0 bridgehead atoms. The second-order valence-corrected chi connectivity index (χ2v) is 8.48. The molecule has 4 rings (SSSR count). The summed E-state index contributed by atoms with van der Waals surface area (Å²) in [6.07, 6.45) is 0. The van der Waals surface area contributed by atoms with Crippen molar-refractivity contribution >= 4 is 5.91 Å². The lowest BCUT2D eigenvalue weighted by Gasteiger charge is -2.35. The third kappa shape index (κ3) is 5.20. The van der Waals surface area contributed by atoms with E-state index in [0.717, 1.165) is 30.9 Å². The molecule has 0 N–H and O–H groups in total. The summed E-state index contributed by atoms with van der Waals surface area (Å²) >= 11 is 0. The molecule has 2 heterocycles. The van der Waals surface area contributed by atoms with Crippen LogP contribution in [0.4, 0.5) is 0 Å². The van der Waals surface area contributed by atoms with Crippen LogP contribution in [0.25, 0.3) is 0 Å². The molecule has 3 aromatic rings. The van der Waals surface area contributed by atoms with Crippen LogP contribution in [0, 0.1) is 13.8 Å². The Kier molecular flexibility index (Phi) is 6.99. The van der Waals surface area contributed by atoms with Crippen LogP contribution in [0.1, 0.15) is 32.9 Å². The minimum atomic E-state index is 0.0244. The van der Waals surface area contributed by atoms with Gasteiger partial charge in [0, 0.05) is 56.6 Å². The first-order valence-electron chi connectivity index (χ1n) is 11.3. The lowest BCUT2D eigenvalue weighted by atomic mass is 10.1. The van der Waals surface area contributed by atoms with Crippen molar-refractivity contribution in [3.63, 3.8) is 0 Å². The van der Waals surface area contributed by atoms with E-state index in [9.17, 15) is 4.79 Å². The Bertz CT molecular complexity index is 1100. The maximum Gasteiger partial charge on any atom is 0.254 e. The maximum absolute atomic E-state index is 13.1. The number of amides is 1. The van der Waals surface area contributed by atoms with Crippen molar-refractivity contribution in [1.29, 1.82) is 0 Å². The zero-order valence-electron chi connectivity index (χ0n) is 19.9. The topological polar surface area (TPSA) is 59.8 Å². The Morgan fingerprint density at radius 1 is 1.00 bits per heavy atom. The predicted molar refractivity (Wildman–Crippen MR) is 128 cm³/mol. The van der Waals surface area contributed by atoms with E-state index in [1.54, 1.807) is 13.2 Å². The number of hydrogen-bond donors (Lipinski definition) is 0. The van der Waals surface area contributed by atoms with Gasteiger partial charge in [-0.15, -0.1) is 0 Å². The molecule has 1 aliphatic rings. The molecule has 7 heteroatoms. The van der Waals surface area contributed by atoms with Gasteiger partial charge in [0.2, 0.25) is 0 Å². The van der Waals surface area contributed by atoms with E-state index < -0.39 is 0 Å². The standard InChI is InChI=1S/C26H32N4O3/c1-19-23(20(2)28(3)27-19)17-29-12-14-30(15-13-29)26(31)22-10-11-24(25(16-22)32-4)33-18-21-8-6-5-7-9-21/h5-11,16H,12-15,17-18H2,1-4H3. The van der Waals surface area contributed by atoms with Crippen LogP contribution in [-0.4, -0.2) is 58.8 Å². The van der Waals surface area contributed by atoms with Gasteiger partial charge in [-0.05, 0) is 37.6 Å². The highest BCUT2D eigenvalue weighted by atomic mass is 16.5. The quantitative estimate of drug-likeness (QED) is 0.553. The molecule has 0 radical (unpaired) electrons. The van der Waals surface area contributed by atoms with Crippen molar-refractivity contribution in [2.24, 2.45) is 7.05 Å². The normalized spacial score (nSPS) is 14.4. The summed E-state index contributed by atoms with van der Waals surface area (Å²) < 4.78 is 13.4. The largest absolute Gasteiger partial charge is 0.493 e. The monoisotopic (exact) mass is 448 g/mol. The number of aromatic nitrogens is 2. The molecule has 1 aliphatic heterocycles. The zero-order valence-corrected chi connectivity index (χ0v) is 19.9. The van der Waals surface area contributed by atoms with E-state index in [1.807, 2.05) is 59.1 Å². The van der Waals surface area contributed by atoms with Crippen LogP contribution in [0.5, 0.6) is 11.5 Å². The highest BCUT2D eigenvalue weighted by molar-refractivity contribution is 5.95. The van der Waals surface area contributed by atoms with Gasteiger partial charge in [0.1, 0.15) is 6.61 Å². The van der Waals surface area contributed by atoms with E-state index >= 15 is 0 Å². The Balaban J connectivity index is 1.36. The Hall–Kier alpha value is -3.32. The summed E-state index contributed by atoms with van der Waals surface area (Å²) in [4.78, 5) is 17.4. The summed E-state index contributed by atoms with van der Waals surface area (Å²) in [5.74, 6) is 1.22. The number of aryl methyl sites for hydroxylation is 2. The molecule has 1 fully saturated rings. The van der Waals surface area contributed by atoms with Crippen molar-refractivity contribution in [2.45, 2.75) is 27.0 Å². The predicted octanol–water partition coefficient (Wildman–Crippen LogP) is 3.58. The van der Waals surface area contributed by atoms with Crippen LogP contribution < -0.4 is 9.47 Å². The molecule has 7 nitrogen and oxygen atoms in total. The minimum absolute atomic E-state index is 0.0244. The van der Waals surface area contributed by atoms with Crippen molar-refractivity contribution in [3.8, 4) is 11.5 Å². The van der Waals surface area contributed by atoms with Crippen LogP contribution >= 0.6 is 0 Å². The smallest absolute Gasteiger partial charge is 0.254 e. The maximum atomic E-state index is 13.1. The van der Waals surface area contributed by atoms with E-state index in [-0.39, 0.29) is 5.91 Å². The van der Waals surface area contributed by atoms with Crippen molar-refractivity contribution in [2.75, 3.05) is 33.3 Å². The first kappa shape index (κ1) is 22.9. The van der Waals surface area contributed by atoms with Gasteiger partial charge in [0.15, 0.2) is 11.5 Å². The van der Waals surface area contributed by atoms with Gasteiger partial charge in [0.05, 0.1) is 12.8 Å². The molecule has 1 aromatic heterocycles. The van der Waals surface area contributed by atoms with Crippen LogP contribution in [0.3, 0.4) is 0 Å². The van der Waals surface area contributed by atoms with Gasteiger partial charge in [-0.25, -0.2) is 0 Å². The first-order chi connectivity index (χ1) is 16.0. The SMILES string of the molecule is COc1cc(C(=O)N2CCN(Cc3c(C)nn(C)c3C)CC2)ccc1OCc1ccccc1. The van der Waals surface area contributed by atoms with E-state index in [0.29, 0.717) is 36.8 Å². The average molecular weight is 449 g/mol. The fourth-order valence-corrected chi connectivity index (χ4v) is 4.22. The van der Waals surface area contributed by atoms with Gasteiger partial charge < -0.3 is 14.4 Å². The first-order valence-corrected chi connectivity index (χ1v) is 11.3. The summed E-state index contributed by atoms with van der Waals surface area (Å²) in [6, 6.07) is 15.4. The van der Waals surface area contributed by atoms with Gasteiger partial charge >= 0.3 is 0 Å². The summed E-state index contributed by atoms with van der Waals surface area (Å²) in [5.41, 5.74) is 5.26. The fraction of sp³-hybridized carbons (Fsp3) is 0.385. The number of ether oxygens (including phenoxy) is 2. The molecule has 2 aromatic carbocycles. The Labute approximate surface area is 195 Å². The van der Waals surface area contributed by atoms with Crippen molar-refractivity contribution < 1.29 is 14.3 Å². The lowest BCUT2D eigenvalue weighted by molar-refractivity contribution is 0.0627. The molecule has 1 saturated heterocycles. The molecule has 0 spiro atoms. The van der Waals surface area contributed by atoms with Crippen LogP contribution in [-0.2, 0) is 20.2 Å². The molecular formula is C26H32N4O3. The number of hydrogen-bond acceptors (Lipinski definition) is 5. The van der Waals surface area contributed by atoms with Gasteiger partial charge in [0.25, 0.3) is 5.91 Å². The number of benzene rings is 2. The van der Waals surface area contributed by atoms with E-state index in [4.69, 9.17) is 9.47 Å². The van der Waals surface area contributed by atoms with Gasteiger partial charge in [-0.2, -0.15) is 5.10 Å². The third-order valence-electron chi connectivity index (χ3n) is 6.35. The number of rotatable bonds is 7. The third-order valence-corrected chi connectivity index (χ3v) is 6.35. The van der Waals surface area contributed by atoms with Gasteiger partial charge in [-0.1, -0.05) is 30.3 Å². The highest BCUT2D eigenvalue weighted by Gasteiger charge is 2.24. The molecular weight excluding hydrogens is 416 g/mol. The Morgan fingerprint density at radius 3 is 2.36 bits per heavy atom. The number of carbonyl (C=O) groups is 1. The molecule has 0 atom stereocenters. The fourth-order valence-electron chi connectivity index (χ4n) is 4.22. The molecule has 1 amide bonds. The lowest BCUT2D eigenvalue weighted by Crippen LogP contribution is -2.48. The average Bonchev–Trinajstić information content (AvgIpc) is 3.09. The summed E-state index contributed by atoms with van der Waals surface area (Å²) in [5, 5.41) is 4.52. The van der Waals surface area contributed by atoms with Gasteiger partial charge in [-0.3, -0.25) is 14.4 Å². The van der Waals surface area contributed by atoms with E-state index in [2.05, 4.69) is 23.8 Å². The summed E-state index contributed by atoms with van der Waals surface area (Å²) in [7, 11) is 3.58. The van der Waals surface area contributed by atoms with Crippen LogP contribution in [0.2, 0.25) is 0 Å².